The SMILES string of the molecule is CNc1cc(N2CCOCC2(C)C)ncn1. The second-order valence-corrected chi connectivity index (χ2v) is 4.53. The molecule has 0 bridgehead atoms. The maximum atomic E-state index is 5.49. The molecule has 0 radical (unpaired) electrons. The maximum absolute atomic E-state index is 5.49. The highest BCUT2D eigenvalue weighted by Gasteiger charge is 2.31. The van der Waals surface area contributed by atoms with Gasteiger partial charge < -0.3 is 15.0 Å². The molecule has 0 aliphatic carbocycles. The summed E-state index contributed by atoms with van der Waals surface area (Å²) in [5.74, 6) is 1.79. The largest absolute Gasteiger partial charge is 0.377 e. The van der Waals surface area contributed by atoms with E-state index in [1.807, 2.05) is 13.1 Å². The Hall–Kier alpha value is -1.36. The summed E-state index contributed by atoms with van der Waals surface area (Å²) in [6.07, 6.45) is 1.59. The van der Waals surface area contributed by atoms with Gasteiger partial charge in [-0.15, -0.1) is 0 Å². The molecule has 1 saturated heterocycles. The molecule has 0 saturated carbocycles. The van der Waals surface area contributed by atoms with E-state index in [-0.39, 0.29) is 5.54 Å². The summed E-state index contributed by atoms with van der Waals surface area (Å²) in [7, 11) is 1.86. The molecule has 2 rings (SSSR count). The lowest BCUT2D eigenvalue weighted by molar-refractivity contribution is 0.0639. The number of aromatic nitrogens is 2. The van der Waals surface area contributed by atoms with E-state index in [0.717, 1.165) is 31.4 Å². The molecule has 5 nitrogen and oxygen atoms in total. The Morgan fingerprint density at radius 3 is 2.94 bits per heavy atom. The van der Waals surface area contributed by atoms with Crippen LogP contribution in [0, 0.1) is 0 Å². The van der Waals surface area contributed by atoms with E-state index in [9.17, 15) is 0 Å². The fourth-order valence-electron chi connectivity index (χ4n) is 1.91. The second-order valence-electron chi connectivity index (χ2n) is 4.53. The lowest BCUT2D eigenvalue weighted by Gasteiger charge is -2.42. The minimum atomic E-state index is -0.0163. The molecule has 5 heteroatoms. The van der Waals surface area contributed by atoms with Gasteiger partial charge in [0.25, 0.3) is 0 Å². The van der Waals surface area contributed by atoms with Gasteiger partial charge in [0, 0.05) is 19.7 Å². The predicted molar refractivity (Wildman–Crippen MR) is 63.8 cm³/mol. The first-order valence-corrected chi connectivity index (χ1v) is 5.49. The van der Waals surface area contributed by atoms with Gasteiger partial charge >= 0.3 is 0 Å². The van der Waals surface area contributed by atoms with Gasteiger partial charge in [-0.1, -0.05) is 0 Å². The summed E-state index contributed by atoms with van der Waals surface area (Å²) in [6, 6.07) is 1.97. The van der Waals surface area contributed by atoms with E-state index >= 15 is 0 Å². The first kappa shape index (κ1) is 11.1. The zero-order chi connectivity index (χ0) is 11.6. The predicted octanol–water partition coefficient (Wildman–Crippen LogP) is 1.13. The van der Waals surface area contributed by atoms with Crippen LogP contribution in [0.25, 0.3) is 0 Å². The van der Waals surface area contributed by atoms with E-state index < -0.39 is 0 Å². The topological polar surface area (TPSA) is 50.3 Å². The molecule has 2 heterocycles. The fourth-order valence-corrected chi connectivity index (χ4v) is 1.91. The molecule has 1 aromatic rings. The Morgan fingerprint density at radius 2 is 2.25 bits per heavy atom. The molecule has 0 amide bonds. The Bertz CT molecular complexity index is 367. The summed E-state index contributed by atoms with van der Waals surface area (Å²) >= 11 is 0. The van der Waals surface area contributed by atoms with Crippen molar-refractivity contribution in [3.05, 3.63) is 12.4 Å². The van der Waals surface area contributed by atoms with Crippen molar-refractivity contribution in [2.24, 2.45) is 0 Å². The van der Waals surface area contributed by atoms with Crippen LogP contribution in [0.1, 0.15) is 13.8 Å². The number of hydrogen-bond donors (Lipinski definition) is 1. The maximum Gasteiger partial charge on any atom is 0.134 e. The number of rotatable bonds is 2. The zero-order valence-electron chi connectivity index (χ0n) is 10.0. The van der Waals surface area contributed by atoms with Gasteiger partial charge in [-0.05, 0) is 13.8 Å². The Labute approximate surface area is 95.8 Å². The average Bonchev–Trinajstić information content (AvgIpc) is 2.28. The van der Waals surface area contributed by atoms with E-state index in [1.54, 1.807) is 6.33 Å². The Kier molecular flexibility index (Phi) is 2.96. The standard InChI is InChI=1S/C11H18N4O/c1-11(2)7-16-5-4-15(11)10-6-9(12-3)13-8-14-10/h6,8H,4-5,7H2,1-3H3,(H,12,13,14). The molecule has 0 spiro atoms. The molecule has 0 unspecified atom stereocenters. The highest BCUT2D eigenvalue weighted by Crippen LogP contribution is 2.25. The van der Waals surface area contributed by atoms with Crippen LogP contribution < -0.4 is 10.2 Å². The Morgan fingerprint density at radius 1 is 1.44 bits per heavy atom. The van der Waals surface area contributed by atoms with Crippen molar-refractivity contribution < 1.29 is 4.74 Å². The van der Waals surface area contributed by atoms with Gasteiger partial charge in [-0.3, -0.25) is 0 Å². The zero-order valence-corrected chi connectivity index (χ0v) is 10.0. The van der Waals surface area contributed by atoms with Gasteiger partial charge in [0.15, 0.2) is 0 Å². The average molecular weight is 222 g/mol. The lowest BCUT2D eigenvalue weighted by atomic mass is 10.0. The summed E-state index contributed by atoms with van der Waals surface area (Å²) < 4.78 is 5.49. The van der Waals surface area contributed by atoms with Crippen LogP contribution in [0.4, 0.5) is 11.6 Å². The molecule has 0 aromatic carbocycles. The molecule has 88 valence electrons. The summed E-state index contributed by atoms with van der Waals surface area (Å²) in [6.45, 7) is 6.67. The van der Waals surface area contributed by atoms with E-state index in [1.165, 1.54) is 0 Å². The fraction of sp³-hybridized carbons (Fsp3) is 0.636. The number of hydrogen-bond acceptors (Lipinski definition) is 5. The lowest BCUT2D eigenvalue weighted by Crippen LogP contribution is -2.53. The van der Waals surface area contributed by atoms with E-state index in [4.69, 9.17) is 4.74 Å². The van der Waals surface area contributed by atoms with Gasteiger partial charge in [0.2, 0.25) is 0 Å². The van der Waals surface area contributed by atoms with Crippen LogP contribution in [0.15, 0.2) is 12.4 Å². The van der Waals surface area contributed by atoms with Crippen molar-refractivity contribution in [3.63, 3.8) is 0 Å². The Balaban J connectivity index is 2.27. The van der Waals surface area contributed by atoms with Gasteiger partial charge in [-0.25, -0.2) is 9.97 Å². The molecule has 1 aromatic heterocycles. The molecular weight excluding hydrogens is 204 g/mol. The quantitative estimate of drug-likeness (QED) is 0.813. The van der Waals surface area contributed by atoms with Crippen molar-refractivity contribution in [2.45, 2.75) is 19.4 Å². The summed E-state index contributed by atoms with van der Waals surface area (Å²) in [5.41, 5.74) is -0.0163. The smallest absolute Gasteiger partial charge is 0.134 e. The second kappa shape index (κ2) is 4.25. The third-order valence-corrected chi connectivity index (χ3v) is 2.83. The van der Waals surface area contributed by atoms with Gasteiger partial charge in [-0.2, -0.15) is 0 Å². The van der Waals surface area contributed by atoms with Crippen molar-refractivity contribution in [3.8, 4) is 0 Å². The molecule has 1 N–H and O–H groups in total. The molecule has 1 aliphatic rings. The molecule has 1 fully saturated rings. The first-order chi connectivity index (χ1) is 7.63. The number of morpholine rings is 1. The van der Waals surface area contributed by atoms with Crippen molar-refractivity contribution in [1.82, 2.24) is 9.97 Å². The van der Waals surface area contributed by atoms with Crippen LogP contribution in [0.5, 0.6) is 0 Å². The highest BCUT2D eigenvalue weighted by molar-refractivity contribution is 5.50. The molecular formula is C11H18N4O. The molecule has 0 atom stereocenters. The third-order valence-electron chi connectivity index (χ3n) is 2.83. The van der Waals surface area contributed by atoms with Crippen molar-refractivity contribution >= 4 is 11.6 Å². The monoisotopic (exact) mass is 222 g/mol. The van der Waals surface area contributed by atoms with Crippen molar-refractivity contribution in [1.29, 1.82) is 0 Å². The van der Waals surface area contributed by atoms with Crippen LogP contribution >= 0.6 is 0 Å². The van der Waals surface area contributed by atoms with Crippen LogP contribution in [0.3, 0.4) is 0 Å². The third kappa shape index (κ3) is 2.09. The number of nitrogens with zero attached hydrogens (tertiary/aromatic N) is 3. The van der Waals surface area contributed by atoms with E-state index in [2.05, 4.69) is 34.0 Å². The van der Waals surface area contributed by atoms with Crippen LogP contribution in [-0.4, -0.2) is 42.3 Å². The normalized spacial score (nSPS) is 19.6. The number of ether oxygens (including phenoxy) is 1. The van der Waals surface area contributed by atoms with Gasteiger partial charge in [0.1, 0.15) is 18.0 Å². The molecule has 16 heavy (non-hydrogen) atoms. The van der Waals surface area contributed by atoms with Crippen molar-refractivity contribution in [2.75, 3.05) is 37.0 Å². The highest BCUT2D eigenvalue weighted by atomic mass is 16.5. The van der Waals surface area contributed by atoms with Crippen LogP contribution in [-0.2, 0) is 4.74 Å². The molecule has 1 aliphatic heterocycles. The summed E-state index contributed by atoms with van der Waals surface area (Å²) in [4.78, 5) is 10.7. The van der Waals surface area contributed by atoms with Crippen LogP contribution in [0.2, 0.25) is 0 Å². The minimum absolute atomic E-state index is 0.0163. The number of nitrogens with one attached hydrogen (secondary N) is 1. The minimum Gasteiger partial charge on any atom is -0.377 e. The number of anilines is 2. The first-order valence-electron chi connectivity index (χ1n) is 5.49. The summed E-state index contributed by atoms with van der Waals surface area (Å²) in [5, 5.41) is 3.02. The van der Waals surface area contributed by atoms with E-state index in [0.29, 0.717) is 0 Å². The van der Waals surface area contributed by atoms with Gasteiger partial charge in [0.05, 0.1) is 18.8 Å².